The minimum Gasteiger partial charge on any atom is -0.356 e. The number of nitrogens with zero attached hydrogens (tertiary/aromatic N) is 6. The van der Waals surface area contributed by atoms with Crippen LogP contribution in [0, 0.1) is 19.8 Å². The number of aryl methyl sites for hydroxylation is 2. The quantitative estimate of drug-likeness (QED) is 0.353. The lowest BCUT2D eigenvalue weighted by molar-refractivity contribution is -0.136. The van der Waals surface area contributed by atoms with E-state index in [0.717, 1.165) is 54.4 Å². The van der Waals surface area contributed by atoms with E-state index in [-0.39, 0.29) is 11.8 Å². The van der Waals surface area contributed by atoms with Crippen LogP contribution < -0.4 is 4.90 Å². The SMILES string of the molecule is Cc1cc(C)n(-c2cc(N3CCCC(C(=O)N(CCc4ccccc4)Cc4ccccc4)C3)ncn2)n1. The molecule has 7 nitrogen and oxygen atoms in total. The van der Waals surface area contributed by atoms with Gasteiger partial charge in [0.05, 0.1) is 11.6 Å². The van der Waals surface area contributed by atoms with E-state index in [1.807, 2.05) is 59.8 Å². The summed E-state index contributed by atoms with van der Waals surface area (Å²) < 4.78 is 1.85. The highest BCUT2D eigenvalue weighted by molar-refractivity contribution is 5.80. The second kappa shape index (κ2) is 11.4. The Hall–Kier alpha value is -4.00. The smallest absolute Gasteiger partial charge is 0.227 e. The molecule has 0 radical (unpaired) electrons. The molecule has 0 aliphatic carbocycles. The van der Waals surface area contributed by atoms with Crippen molar-refractivity contribution in [2.24, 2.45) is 5.92 Å². The average Bonchev–Trinajstić information content (AvgIpc) is 3.29. The molecule has 0 saturated carbocycles. The van der Waals surface area contributed by atoms with E-state index in [0.29, 0.717) is 19.6 Å². The molecule has 1 saturated heterocycles. The number of hydrogen-bond acceptors (Lipinski definition) is 5. The number of anilines is 1. The van der Waals surface area contributed by atoms with E-state index in [1.165, 1.54) is 5.56 Å². The molecule has 4 aromatic rings. The first kappa shape index (κ1) is 24.7. The zero-order valence-electron chi connectivity index (χ0n) is 21.6. The minimum atomic E-state index is -0.0691. The summed E-state index contributed by atoms with van der Waals surface area (Å²) in [5, 5.41) is 4.57. The van der Waals surface area contributed by atoms with Crippen molar-refractivity contribution in [1.82, 2.24) is 24.6 Å². The molecule has 7 heteroatoms. The van der Waals surface area contributed by atoms with E-state index in [9.17, 15) is 4.79 Å². The molecule has 2 aromatic heterocycles. The molecule has 1 aliphatic heterocycles. The fraction of sp³-hybridized carbons (Fsp3) is 0.333. The Bertz CT molecular complexity index is 1320. The molecule has 0 spiro atoms. The standard InChI is InChI=1S/C30H34N6O/c1-23-18-24(2)36(33-23)29-19-28(31-22-32-29)34-16-9-14-27(21-34)30(37)35(20-26-12-7-4-8-13-26)17-15-25-10-5-3-6-11-25/h3-8,10-13,18-19,22,27H,9,14-17,20-21H2,1-2H3. The lowest BCUT2D eigenvalue weighted by atomic mass is 9.96. The van der Waals surface area contributed by atoms with Gasteiger partial charge in [0, 0.05) is 37.9 Å². The largest absolute Gasteiger partial charge is 0.356 e. The van der Waals surface area contributed by atoms with Crippen LogP contribution in [-0.4, -0.2) is 50.2 Å². The number of benzene rings is 2. The monoisotopic (exact) mass is 494 g/mol. The summed E-state index contributed by atoms with van der Waals surface area (Å²) in [5.74, 6) is 1.74. The maximum absolute atomic E-state index is 13.9. The predicted octanol–water partition coefficient (Wildman–Crippen LogP) is 4.77. The predicted molar refractivity (Wildman–Crippen MR) is 146 cm³/mol. The van der Waals surface area contributed by atoms with Crippen molar-refractivity contribution < 1.29 is 4.79 Å². The molecule has 1 aliphatic rings. The third-order valence-electron chi connectivity index (χ3n) is 7.00. The Balaban J connectivity index is 1.32. The molecule has 2 aromatic carbocycles. The number of carbonyl (C=O) groups is 1. The molecule has 5 rings (SSSR count). The highest BCUT2D eigenvalue weighted by atomic mass is 16.2. The normalized spacial score (nSPS) is 15.5. The van der Waals surface area contributed by atoms with Crippen molar-refractivity contribution in [2.45, 2.75) is 39.7 Å². The maximum Gasteiger partial charge on any atom is 0.227 e. The van der Waals surface area contributed by atoms with E-state index < -0.39 is 0 Å². The zero-order valence-corrected chi connectivity index (χ0v) is 21.6. The Kier molecular flexibility index (Phi) is 7.59. The van der Waals surface area contributed by atoms with Gasteiger partial charge < -0.3 is 9.80 Å². The van der Waals surface area contributed by atoms with Crippen LogP contribution >= 0.6 is 0 Å². The molecule has 1 amide bonds. The highest BCUT2D eigenvalue weighted by Crippen LogP contribution is 2.25. The number of amides is 1. The second-order valence-corrected chi connectivity index (χ2v) is 9.84. The van der Waals surface area contributed by atoms with Crippen molar-refractivity contribution >= 4 is 11.7 Å². The summed E-state index contributed by atoms with van der Waals surface area (Å²) in [6.45, 7) is 6.85. The molecule has 0 N–H and O–H groups in total. The van der Waals surface area contributed by atoms with Crippen molar-refractivity contribution in [3.8, 4) is 5.82 Å². The molecule has 37 heavy (non-hydrogen) atoms. The van der Waals surface area contributed by atoms with Gasteiger partial charge in [-0.1, -0.05) is 60.7 Å². The van der Waals surface area contributed by atoms with Crippen LogP contribution in [0.4, 0.5) is 5.82 Å². The highest BCUT2D eigenvalue weighted by Gasteiger charge is 2.30. The average molecular weight is 495 g/mol. The Morgan fingerprint density at radius 2 is 1.65 bits per heavy atom. The number of rotatable bonds is 8. The van der Waals surface area contributed by atoms with Gasteiger partial charge in [0.15, 0.2) is 5.82 Å². The summed E-state index contributed by atoms with van der Waals surface area (Å²) >= 11 is 0. The van der Waals surface area contributed by atoms with Gasteiger partial charge in [-0.25, -0.2) is 14.6 Å². The van der Waals surface area contributed by atoms with Gasteiger partial charge in [-0.3, -0.25) is 4.79 Å². The molecular weight excluding hydrogens is 460 g/mol. The second-order valence-electron chi connectivity index (χ2n) is 9.84. The lowest BCUT2D eigenvalue weighted by Gasteiger charge is -2.36. The van der Waals surface area contributed by atoms with Gasteiger partial charge in [-0.2, -0.15) is 5.10 Å². The van der Waals surface area contributed by atoms with Gasteiger partial charge in [0.2, 0.25) is 5.91 Å². The number of carbonyl (C=O) groups excluding carboxylic acids is 1. The van der Waals surface area contributed by atoms with E-state index >= 15 is 0 Å². The van der Waals surface area contributed by atoms with Crippen LogP contribution in [0.5, 0.6) is 0 Å². The third kappa shape index (κ3) is 6.05. The van der Waals surface area contributed by atoms with Crippen LogP contribution in [0.3, 0.4) is 0 Å². The van der Waals surface area contributed by atoms with Crippen molar-refractivity contribution in [3.05, 3.63) is 102 Å². The molecule has 1 atom stereocenters. The number of piperidine rings is 1. The van der Waals surface area contributed by atoms with Crippen LogP contribution in [0.15, 0.2) is 79.1 Å². The molecule has 3 heterocycles. The van der Waals surface area contributed by atoms with Gasteiger partial charge in [-0.15, -0.1) is 0 Å². The summed E-state index contributed by atoms with van der Waals surface area (Å²) in [4.78, 5) is 27.2. The van der Waals surface area contributed by atoms with E-state index in [2.05, 4.69) is 56.4 Å². The first-order valence-corrected chi connectivity index (χ1v) is 13.0. The fourth-order valence-corrected chi connectivity index (χ4v) is 5.11. The van der Waals surface area contributed by atoms with Gasteiger partial charge in [0.1, 0.15) is 12.1 Å². The molecule has 1 unspecified atom stereocenters. The first-order chi connectivity index (χ1) is 18.1. The van der Waals surface area contributed by atoms with E-state index in [4.69, 9.17) is 0 Å². The van der Waals surface area contributed by atoms with Crippen molar-refractivity contribution in [3.63, 3.8) is 0 Å². The molecule has 190 valence electrons. The van der Waals surface area contributed by atoms with Crippen LogP contribution in [-0.2, 0) is 17.8 Å². The minimum absolute atomic E-state index is 0.0691. The Morgan fingerprint density at radius 3 is 2.35 bits per heavy atom. The third-order valence-corrected chi connectivity index (χ3v) is 7.00. The van der Waals surface area contributed by atoms with Crippen LogP contribution in [0.1, 0.15) is 35.4 Å². The summed E-state index contributed by atoms with van der Waals surface area (Å²) in [6.07, 6.45) is 4.27. The van der Waals surface area contributed by atoms with Crippen LogP contribution in [0.25, 0.3) is 5.82 Å². The first-order valence-electron chi connectivity index (χ1n) is 13.0. The van der Waals surface area contributed by atoms with Crippen molar-refractivity contribution in [1.29, 1.82) is 0 Å². The summed E-state index contributed by atoms with van der Waals surface area (Å²) in [5.41, 5.74) is 4.39. The van der Waals surface area contributed by atoms with Crippen molar-refractivity contribution in [2.75, 3.05) is 24.5 Å². The fourth-order valence-electron chi connectivity index (χ4n) is 5.11. The van der Waals surface area contributed by atoms with Gasteiger partial charge >= 0.3 is 0 Å². The summed E-state index contributed by atoms with van der Waals surface area (Å²) in [7, 11) is 0. The molecule has 1 fully saturated rings. The Morgan fingerprint density at radius 1 is 0.946 bits per heavy atom. The number of hydrogen-bond donors (Lipinski definition) is 0. The van der Waals surface area contributed by atoms with E-state index in [1.54, 1.807) is 6.33 Å². The topological polar surface area (TPSA) is 67.2 Å². The molecule has 0 bridgehead atoms. The van der Waals surface area contributed by atoms with Gasteiger partial charge in [0.25, 0.3) is 0 Å². The maximum atomic E-state index is 13.9. The molecular formula is C30H34N6O. The lowest BCUT2D eigenvalue weighted by Crippen LogP contribution is -2.45. The van der Waals surface area contributed by atoms with Gasteiger partial charge in [-0.05, 0) is 50.3 Å². The summed E-state index contributed by atoms with van der Waals surface area (Å²) in [6, 6.07) is 24.7. The van der Waals surface area contributed by atoms with Crippen LogP contribution in [0.2, 0.25) is 0 Å². The number of aromatic nitrogens is 4. The Labute approximate surface area is 218 Å². The zero-order chi connectivity index (χ0) is 25.6.